The number of nitrogens with two attached hydrogens (primary N) is 1. The lowest BCUT2D eigenvalue weighted by Gasteiger charge is -2.23. The molecule has 0 spiro atoms. The normalized spacial score (nSPS) is 20.9. The molecule has 1 aromatic rings. The summed E-state index contributed by atoms with van der Waals surface area (Å²) in [5.41, 5.74) is 8.72. The van der Waals surface area contributed by atoms with Crippen LogP contribution >= 0.6 is 0 Å². The van der Waals surface area contributed by atoms with Gasteiger partial charge in [-0.05, 0) is 38.6 Å². The van der Waals surface area contributed by atoms with Crippen molar-refractivity contribution in [2.75, 3.05) is 6.54 Å². The van der Waals surface area contributed by atoms with Gasteiger partial charge in [0.2, 0.25) is 0 Å². The average molecular weight is 247 g/mol. The Kier molecular flexibility index (Phi) is 3.69. The summed E-state index contributed by atoms with van der Waals surface area (Å²) in [4.78, 5) is 4.99. The molecule has 0 atom stereocenters. The van der Waals surface area contributed by atoms with Gasteiger partial charge in [-0.2, -0.15) is 0 Å². The smallest absolute Gasteiger partial charge is 0.110 e. The molecule has 0 saturated heterocycles. The fraction of sp³-hybridized carbons (Fsp3) is 0.800. The van der Waals surface area contributed by atoms with Crippen LogP contribution in [0.1, 0.15) is 68.1 Å². The molecule has 3 heteroatoms. The van der Waals surface area contributed by atoms with Gasteiger partial charge in [-0.3, -0.25) is 0 Å². The van der Waals surface area contributed by atoms with E-state index in [4.69, 9.17) is 10.7 Å². The first-order valence-corrected chi connectivity index (χ1v) is 7.68. The van der Waals surface area contributed by atoms with Crippen LogP contribution in [-0.4, -0.2) is 16.1 Å². The Morgan fingerprint density at radius 1 is 1.11 bits per heavy atom. The molecular weight excluding hydrogens is 222 g/mol. The standard InChI is InChI=1S/C15H25N3/c16-10-9-14-17-15(12-6-2-1-3-7-12)13-8-4-5-11-18(13)14/h12H,1-11,16H2. The van der Waals surface area contributed by atoms with E-state index in [0.29, 0.717) is 0 Å². The zero-order chi connectivity index (χ0) is 12.4. The van der Waals surface area contributed by atoms with Gasteiger partial charge in [0.25, 0.3) is 0 Å². The first-order valence-electron chi connectivity index (χ1n) is 7.68. The van der Waals surface area contributed by atoms with Crippen molar-refractivity contribution in [2.24, 2.45) is 5.73 Å². The van der Waals surface area contributed by atoms with Gasteiger partial charge in [0.05, 0.1) is 5.69 Å². The average Bonchev–Trinajstić information content (AvgIpc) is 2.80. The largest absolute Gasteiger partial charge is 0.332 e. The molecule has 1 fully saturated rings. The third-order valence-electron chi connectivity index (χ3n) is 4.59. The van der Waals surface area contributed by atoms with E-state index in [2.05, 4.69) is 4.57 Å². The predicted octanol–water partition coefficient (Wildman–Crippen LogP) is 2.77. The minimum absolute atomic E-state index is 0.723. The molecule has 3 rings (SSSR count). The zero-order valence-electron chi connectivity index (χ0n) is 11.3. The lowest BCUT2D eigenvalue weighted by atomic mass is 9.85. The van der Waals surface area contributed by atoms with Crippen LogP contribution in [0, 0.1) is 0 Å². The summed E-state index contributed by atoms with van der Waals surface area (Å²) < 4.78 is 2.49. The van der Waals surface area contributed by atoms with Crippen LogP contribution in [0.4, 0.5) is 0 Å². The van der Waals surface area contributed by atoms with E-state index in [9.17, 15) is 0 Å². The van der Waals surface area contributed by atoms with Gasteiger partial charge in [-0.15, -0.1) is 0 Å². The molecule has 1 aromatic heterocycles. The van der Waals surface area contributed by atoms with Crippen molar-refractivity contribution in [1.82, 2.24) is 9.55 Å². The molecule has 0 amide bonds. The van der Waals surface area contributed by atoms with Crippen LogP contribution in [0.25, 0.3) is 0 Å². The highest BCUT2D eigenvalue weighted by molar-refractivity contribution is 5.23. The zero-order valence-corrected chi connectivity index (χ0v) is 11.3. The maximum absolute atomic E-state index is 5.73. The highest BCUT2D eigenvalue weighted by Gasteiger charge is 2.26. The molecule has 3 nitrogen and oxygen atoms in total. The SMILES string of the molecule is NCCc1nc(C2CCCCC2)c2n1CCCC2. The van der Waals surface area contributed by atoms with Crippen molar-refractivity contribution in [1.29, 1.82) is 0 Å². The second kappa shape index (κ2) is 5.43. The summed E-state index contributed by atoms with van der Waals surface area (Å²) in [6.45, 7) is 1.89. The highest BCUT2D eigenvalue weighted by Crippen LogP contribution is 2.35. The molecule has 0 radical (unpaired) electrons. The summed E-state index contributed by atoms with van der Waals surface area (Å²) >= 11 is 0. The first kappa shape index (κ1) is 12.2. The van der Waals surface area contributed by atoms with E-state index in [1.807, 2.05) is 0 Å². The second-order valence-corrected chi connectivity index (χ2v) is 5.84. The third kappa shape index (κ3) is 2.20. The van der Waals surface area contributed by atoms with Crippen LogP contribution in [0.3, 0.4) is 0 Å². The molecule has 1 aliphatic heterocycles. The Labute approximate surface area is 110 Å². The predicted molar refractivity (Wildman–Crippen MR) is 73.7 cm³/mol. The molecule has 2 heterocycles. The number of fused-ring (bicyclic) bond motifs is 1. The minimum Gasteiger partial charge on any atom is -0.332 e. The monoisotopic (exact) mass is 247 g/mol. The van der Waals surface area contributed by atoms with E-state index in [-0.39, 0.29) is 0 Å². The van der Waals surface area contributed by atoms with Gasteiger partial charge < -0.3 is 10.3 Å². The van der Waals surface area contributed by atoms with Gasteiger partial charge in [0.15, 0.2) is 0 Å². The van der Waals surface area contributed by atoms with Gasteiger partial charge in [-0.25, -0.2) is 4.98 Å². The van der Waals surface area contributed by atoms with E-state index >= 15 is 0 Å². The number of hydrogen-bond donors (Lipinski definition) is 1. The fourth-order valence-corrected chi connectivity index (χ4v) is 3.67. The van der Waals surface area contributed by atoms with Crippen molar-refractivity contribution in [3.8, 4) is 0 Å². The van der Waals surface area contributed by atoms with Gasteiger partial charge in [-0.1, -0.05) is 19.3 Å². The van der Waals surface area contributed by atoms with Crippen LogP contribution < -0.4 is 5.73 Å². The number of nitrogens with zero attached hydrogens (tertiary/aromatic N) is 2. The molecule has 18 heavy (non-hydrogen) atoms. The summed E-state index contributed by atoms with van der Waals surface area (Å²) in [6.07, 6.45) is 11.7. The molecule has 2 aliphatic rings. The molecule has 100 valence electrons. The van der Waals surface area contributed by atoms with Crippen molar-refractivity contribution in [2.45, 2.75) is 70.3 Å². The van der Waals surface area contributed by atoms with E-state index in [1.54, 1.807) is 5.69 Å². The summed E-state index contributed by atoms with van der Waals surface area (Å²) in [5.74, 6) is 2.00. The van der Waals surface area contributed by atoms with Gasteiger partial charge in [0, 0.05) is 24.6 Å². The molecule has 0 bridgehead atoms. The summed E-state index contributed by atoms with van der Waals surface area (Å²) in [7, 11) is 0. The number of rotatable bonds is 3. The minimum atomic E-state index is 0.723. The lowest BCUT2D eigenvalue weighted by molar-refractivity contribution is 0.430. The Morgan fingerprint density at radius 3 is 2.72 bits per heavy atom. The maximum Gasteiger partial charge on any atom is 0.110 e. The number of hydrogen-bond acceptors (Lipinski definition) is 2. The van der Waals surface area contributed by atoms with Crippen LogP contribution in [0.2, 0.25) is 0 Å². The van der Waals surface area contributed by atoms with Crippen LogP contribution in [0.15, 0.2) is 0 Å². The van der Waals surface area contributed by atoms with E-state index in [1.165, 1.54) is 69.4 Å². The van der Waals surface area contributed by atoms with Crippen molar-refractivity contribution >= 4 is 0 Å². The Bertz CT molecular complexity index is 402. The number of imidazole rings is 1. The molecule has 0 unspecified atom stereocenters. The van der Waals surface area contributed by atoms with Crippen LogP contribution in [-0.2, 0) is 19.4 Å². The lowest BCUT2D eigenvalue weighted by Crippen LogP contribution is -2.16. The molecule has 2 N–H and O–H groups in total. The van der Waals surface area contributed by atoms with Crippen molar-refractivity contribution in [3.05, 3.63) is 17.2 Å². The molecule has 1 aliphatic carbocycles. The van der Waals surface area contributed by atoms with E-state index in [0.717, 1.165) is 18.9 Å². The topological polar surface area (TPSA) is 43.8 Å². The fourth-order valence-electron chi connectivity index (χ4n) is 3.67. The quantitative estimate of drug-likeness (QED) is 0.892. The maximum atomic E-state index is 5.73. The van der Waals surface area contributed by atoms with Gasteiger partial charge in [0.1, 0.15) is 5.82 Å². The third-order valence-corrected chi connectivity index (χ3v) is 4.59. The van der Waals surface area contributed by atoms with E-state index < -0.39 is 0 Å². The Balaban J connectivity index is 1.92. The summed E-state index contributed by atoms with van der Waals surface area (Å²) in [6, 6.07) is 0. The van der Waals surface area contributed by atoms with Gasteiger partial charge >= 0.3 is 0 Å². The van der Waals surface area contributed by atoms with Crippen molar-refractivity contribution < 1.29 is 0 Å². The molecule has 0 aromatic carbocycles. The molecule has 1 saturated carbocycles. The summed E-state index contributed by atoms with van der Waals surface area (Å²) in [5, 5.41) is 0. The number of aromatic nitrogens is 2. The Hall–Kier alpha value is -0.830. The molecular formula is C15H25N3. The first-order chi connectivity index (χ1) is 8.90. The Morgan fingerprint density at radius 2 is 1.94 bits per heavy atom. The van der Waals surface area contributed by atoms with Crippen LogP contribution in [0.5, 0.6) is 0 Å². The highest BCUT2D eigenvalue weighted by atomic mass is 15.1. The van der Waals surface area contributed by atoms with Crippen molar-refractivity contribution in [3.63, 3.8) is 0 Å². The second-order valence-electron chi connectivity index (χ2n) is 5.84.